The third-order valence-corrected chi connectivity index (χ3v) is 4.40. The van der Waals surface area contributed by atoms with E-state index in [1.165, 1.54) is 6.07 Å². The molecule has 0 bridgehead atoms. The van der Waals surface area contributed by atoms with Crippen molar-refractivity contribution >= 4 is 33.5 Å². The van der Waals surface area contributed by atoms with Crippen LogP contribution in [0.2, 0.25) is 0 Å². The molecule has 0 radical (unpaired) electrons. The lowest BCUT2D eigenvalue weighted by Crippen LogP contribution is -2.13. The van der Waals surface area contributed by atoms with Gasteiger partial charge in [-0.15, -0.1) is 0 Å². The van der Waals surface area contributed by atoms with Gasteiger partial charge < -0.3 is 18.9 Å². The molecule has 0 aliphatic carbocycles. The minimum atomic E-state index is -0.428. The first-order valence-electron chi connectivity index (χ1n) is 8.42. The minimum absolute atomic E-state index is 0.198. The van der Waals surface area contributed by atoms with E-state index in [9.17, 15) is 9.59 Å². The lowest BCUT2D eigenvalue weighted by molar-refractivity contribution is 0.0992. The molecule has 1 amide bonds. The first kappa shape index (κ1) is 17.1. The van der Waals surface area contributed by atoms with E-state index in [2.05, 4.69) is 5.32 Å². The molecule has 1 N–H and O–H groups in total. The average molecular weight is 363 g/mol. The van der Waals surface area contributed by atoms with Crippen LogP contribution in [0.5, 0.6) is 0 Å². The maximum absolute atomic E-state index is 12.8. The molecule has 0 spiro atoms. The quantitative estimate of drug-likeness (QED) is 0.548. The number of amides is 1. The SMILES string of the molecule is COCc1c(C(=O)Nc2ccc3c(C)cc(=O)oc3c2)oc2ccccc12. The summed E-state index contributed by atoms with van der Waals surface area (Å²) in [4.78, 5) is 24.4. The fraction of sp³-hybridized carbons (Fsp3) is 0.143. The topological polar surface area (TPSA) is 81.7 Å². The van der Waals surface area contributed by atoms with Gasteiger partial charge in [0.1, 0.15) is 11.2 Å². The molecule has 2 heterocycles. The molecule has 0 saturated heterocycles. The molecule has 2 aromatic heterocycles. The Labute approximate surface area is 154 Å². The Kier molecular flexibility index (Phi) is 4.25. The Morgan fingerprint density at radius 1 is 1.04 bits per heavy atom. The number of benzene rings is 2. The second-order valence-electron chi connectivity index (χ2n) is 6.25. The number of nitrogens with one attached hydrogen (secondary N) is 1. The predicted octanol–water partition coefficient (Wildman–Crippen LogP) is 4.25. The Morgan fingerprint density at radius 3 is 2.67 bits per heavy atom. The summed E-state index contributed by atoms with van der Waals surface area (Å²) in [6.45, 7) is 2.09. The number of hydrogen-bond acceptors (Lipinski definition) is 5. The molecule has 0 aliphatic heterocycles. The molecule has 6 nitrogen and oxygen atoms in total. The summed E-state index contributed by atoms with van der Waals surface area (Å²) < 4.78 is 16.2. The van der Waals surface area contributed by atoms with E-state index in [0.717, 1.165) is 16.3 Å². The summed E-state index contributed by atoms with van der Waals surface area (Å²) in [5, 5.41) is 4.45. The maximum atomic E-state index is 12.8. The average Bonchev–Trinajstić information content (AvgIpc) is 3.00. The van der Waals surface area contributed by atoms with Crippen molar-refractivity contribution in [2.45, 2.75) is 13.5 Å². The van der Waals surface area contributed by atoms with Gasteiger partial charge in [-0.3, -0.25) is 4.79 Å². The van der Waals surface area contributed by atoms with Crippen molar-refractivity contribution in [1.82, 2.24) is 0 Å². The van der Waals surface area contributed by atoms with E-state index in [4.69, 9.17) is 13.6 Å². The highest BCUT2D eigenvalue weighted by molar-refractivity contribution is 6.07. The molecule has 0 saturated carbocycles. The van der Waals surface area contributed by atoms with E-state index < -0.39 is 11.5 Å². The first-order chi connectivity index (χ1) is 13.1. The summed E-state index contributed by atoms with van der Waals surface area (Å²) in [6, 6.07) is 14.0. The van der Waals surface area contributed by atoms with Crippen molar-refractivity contribution in [1.29, 1.82) is 0 Å². The molecule has 2 aromatic carbocycles. The van der Waals surface area contributed by atoms with Gasteiger partial charge in [0.05, 0.1) is 6.61 Å². The molecule has 0 unspecified atom stereocenters. The van der Waals surface area contributed by atoms with Gasteiger partial charge in [0, 0.05) is 41.3 Å². The zero-order valence-electron chi connectivity index (χ0n) is 14.9. The number of anilines is 1. The molecule has 0 atom stereocenters. The second kappa shape index (κ2) is 6.74. The summed E-state index contributed by atoms with van der Waals surface area (Å²) in [5.41, 5.74) is 2.62. The van der Waals surface area contributed by atoms with Crippen LogP contribution in [0.1, 0.15) is 21.7 Å². The van der Waals surface area contributed by atoms with Crippen LogP contribution in [0.25, 0.3) is 21.9 Å². The molecule has 6 heteroatoms. The molecule has 136 valence electrons. The number of carbonyl (C=O) groups excluding carboxylic acids is 1. The van der Waals surface area contributed by atoms with Crippen molar-refractivity contribution in [2.24, 2.45) is 0 Å². The van der Waals surface area contributed by atoms with Crippen LogP contribution < -0.4 is 10.9 Å². The zero-order valence-corrected chi connectivity index (χ0v) is 14.9. The predicted molar refractivity (Wildman–Crippen MR) is 102 cm³/mol. The fourth-order valence-corrected chi connectivity index (χ4v) is 3.16. The van der Waals surface area contributed by atoms with E-state index in [0.29, 0.717) is 22.4 Å². The largest absolute Gasteiger partial charge is 0.451 e. The summed E-state index contributed by atoms with van der Waals surface area (Å²) >= 11 is 0. The number of aryl methyl sites for hydroxylation is 1. The Bertz CT molecular complexity index is 1220. The van der Waals surface area contributed by atoms with Crippen molar-refractivity contribution in [3.05, 3.63) is 75.8 Å². The van der Waals surface area contributed by atoms with Crippen molar-refractivity contribution in [3.8, 4) is 0 Å². The number of ether oxygens (including phenoxy) is 1. The van der Waals surface area contributed by atoms with Gasteiger partial charge in [0.15, 0.2) is 5.76 Å². The normalized spacial score (nSPS) is 11.2. The molecule has 27 heavy (non-hydrogen) atoms. The molecular formula is C21H17NO5. The van der Waals surface area contributed by atoms with Gasteiger partial charge in [0.2, 0.25) is 0 Å². The fourth-order valence-electron chi connectivity index (χ4n) is 3.16. The Balaban J connectivity index is 1.72. The van der Waals surface area contributed by atoms with Crippen LogP contribution in [0, 0.1) is 6.92 Å². The van der Waals surface area contributed by atoms with Crippen molar-refractivity contribution < 1.29 is 18.4 Å². The lowest BCUT2D eigenvalue weighted by atomic mass is 10.1. The Morgan fingerprint density at radius 2 is 1.85 bits per heavy atom. The number of rotatable bonds is 4. The first-order valence-corrected chi connectivity index (χ1v) is 8.42. The lowest BCUT2D eigenvalue weighted by Gasteiger charge is -2.07. The summed E-state index contributed by atoms with van der Waals surface area (Å²) in [5.74, 6) is -0.198. The van der Waals surface area contributed by atoms with Gasteiger partial charge in [-0.25, -0.2) is 4.79 Å². The van der Waals surface area contributed by atoms with Crippen LogP contribution >= 0.6 is 0 Å². The number of methoxy groups -OCH3 is 1. The maximum Gasteiger partial charge on any atom is 0.336 e. The van der Waals surface area contributed by atoms with Crippen LogP contribution in [0.3, 0.4) is 0 Å². The van der Waals surface area contributed by atoms with Crippen LogP contribution in [-0.4, -0.2) is 13.0 Å². The van der Waals surface area contributed by atoms with Gasteiger partial charge in [0.25, 0.3) is 5.91 Å². The van der Waals surface area contributed by atoms with E-state index in [1.807, 2.05) is 25.1 Å². The third-order valence-electron chi connectivity index (χ3n) is 4.40. The van der Waals surface area contributed by atoms with E-state index >= 15 is 0 Å². The van der Waals surface area contributed by atoms with Crippen molar-refractivity contribution in [2.75, 3.05) is 12.4 Å². The molecular weight excluding hydrogens is 346 g/mol. The van der Waals surface area contributed by atoms with E-state index in [-0.39, 0.29) is 12.4 Å². The number of carbonyl (C=O) groups is 1. The number of furan rings is 1. The Hall–Kier alpha value is -3.38. The molecule has 4 aromatic rings. The standard InChI is InChI=1S/C21H17NO5/c1-12-9-19(23)26-18-10-13(7-8-14(12)18)22-21(24)20-16(11-25-2)15-5-3-4-6-17(15)27-20/h3-10H,11H2,1-2H3,(H,22,24). The monoisotopic (exact) mass is 363 g/mol. The summed E-state index contributed by atoms with van der Waals surface area (Å²) in [6.07, 6.45) is 0. The van der Waals surface area contributed by atoms with Gasteiger partial charge >= 0.3 is 5.63 Å². The smallest absolute Gasteiger partial charge is 0.336 e. The van der Waals surface area contributed by atoms with Crippen LogP contribution in [-0.2, 0) is 11.3 Å². The molecule has 0 aliphatic rings. The van der Waals surface area contributed by atoms with Crippen molar-refractivity contribution in [3.63, 3.8) is 0 Å². The highest BCUT2D eigenvalue weighted by Gasteiger charge is 2.20. The number of hydrogen-bond donors (Lipinski definition) is 1. The van der Waals surface area contributed by atoms with Gasteiger partial charge in [-0.1, -0.05) is 18.2 Å². The highest BCUT2D eigenvalue weighted by Crippen LogP contribution is 2.28. The third kappa shape index (κ3) is 3.11. The van der Waals surface area contributed by atoms with E-state index in [1.54, 1.807) is 31.4 Å². The number of fused-ring (bicyclic) bond motifs is 2. The van der Waals surface area contributed by atoms with Gasteiger partial charge in [-0.05, 0) is 30.7 Å². The van der Waals surface area contributed by atoms with Crippen LogP contribution in [0.15, 0.2) is 62.2 Å². The van der Waals surface area contributed by atoms with Gasteiger partial charge in [-0.2, -0.15) is 0 Å². The second-order valence-corrected chi connectivity index (χ2v) is 6.25. The van der Waals surface area contributed by atoms with Crippen LogP contribution in [0.4, 0.5) is 5.69 Å². The zero-order chi connectivity index (χ0) is 19.0. The highest BCUT2D eigenvalue weighted by atomic mass is 16.5. The number of para-hydroxylation sites is 1. The molecule has 0 fully saturated rings. The minimum Gasteiger partial charge on any atom is -0.451 e. The molecule has 4 rings (SSSR count). The summed E-state index contributed by atoms with van der Waals surface area (Å²) in [7, 11) is 1.57.